The molecule has 0 bridgehead atoms. The number of carbonyl (C=O) groups excluding carboxylic acids is 2. The van der Waals surface area contributed by atoms with Gasteiger partial charge in [-0.15, -0.1) is 0 Å². The summed E-state index contributed by atoms with van der Waals surface area (Å²) >= 11 is 0. The van der Waals surface area contributed by atoms with E-state index in [1.165, 1.54) is 14.2 Å². The van der Waals surface area contributed by atoms with Gasteiger partial charge in [0.2, 0.25) is 0 Å². The first-order chi connectivity index (χ1) is 12.3. The van der Waals surface area contributed by atoms with Gasteiger partial charge in [-0.2, -0.15) is 0 Å². The quantitative estimate of drug-likeness (QED) is 0.781. The maximum Gasteiger partial charge on any atom is 0.407 e. The number of hydrogen-bond donors (Lipinski definition) is 2. The Morgan fingerprint density at radius 3 is 1.38 bits per heavy atom. The number of carbonyl (C=O) groups is 2. The minimum Gasteiger partial charge on any atom is -0.453 e. The van der Waals surface area contributed by atoms with Crippen LogP contribution in [0.1, 0.15) is 40.5 Å². The van der Waals surface area contributed by atoms with E-state index in [-0.39, 0.29) is 24.3 Å². The molecule has 2 rings (SSSR count). The molecule has 0 aliphatic carbocycles. The molecule has 2 atom stereocenters. The van der Waals surface area contributed by atoms with Crippen LogP contribution in [0.3, 0.4) is 0 Å². The van der Waals surface area contributed by atoms with Crippen LogP contribution in [0, 0.1) is 0 Å². The molecule has 2 N–H and O–H groups in total. The zero-order chi connectivity index (χ0) is 19.7. The molecule has 2 saturated heterocycles. The number of methoxy groups -OCH3 is 2. The van der Waals surface area contributed by atoms with Crippen LogP contribution >= 0.6 is 0 Å². The van der Waals surface area contributed by atoms with Crippen LogP contribution in [0.4, 0.5) is 9.59 Å². The maximum atomic E-state index is 10.9. The summed E-state index contributed by atoms with van der Waals surface area (Å²) in [5, 5.41) is 5.62. The highest BCUT2D eigenvalue weighted by atomic mass is 16.5. The summed E-state index contributed by atoms with van der Waals surface area (Å²) in [6.45, 7) is 12.7. The van der Waals surface area contributed by atoms with E-state index < -0.39 is 0 Å². The first-order valence-corrected chi connectivity index (χ1v) is 9.43. The second kappa shape index (κ2) is 11.2. The van der Waals surface area contributed by atoms with Gasteiger partial charge < -0.3 is 20.1 Å². The SMILES string of the molecule is COC(=O)N[C@@H]1CCN(C(C)C)C1.COC(=O)N[C@H]1CCN(C(C)C)C1. The second-order valence-corrected chi connectivity index (χ2v) is 7.42. The largest absolute Gasteiger partial charge is 0.453 e. The molecule has 8 nitrogen and oxygen atoms in total. The van der Waals surface area contributed by atoms with Crippen molar-refractivity contribution in [1.29, 1.82) is 0 Å². The zero-order valence-electron chi connectivity index (χ0n) is 17.1. The molecular formula is C18H36N4O4. The van der Waals surface area contributed by atoms with Gasteiger partial charge in [0, 0.05) is 50.3 Å². The molecule has 152 valence electrons. The van der Waals surface area contributed by atoms with Crippen LogP contribution in [-0.2, 0) is 9.47 Å². The first-order valence-electron chi connectivity index (χ1n) is 9.43. The van der Waals surface area contributed by atoms with Gasteiger partial charge in [0.25, 0.3) is 0 Å². The van der Waals surface area contributed by atoms with E-state index in [2.05, 4.69) is 57.6 Å². The molecule has 2 fully saturated rings. The molecule has 0 saturated carbocycles. The first kappa shape index (κ1) is 22.5. The monoisotopic (exact) mass is 372 g/mol. The Hall–Kier alpha value is -1.54. The number of likely N-dealkylation sites (tertiary alicyclic amines) is 2. The number of amides is 2. The highest BCUT2D eigenvalue weighted by molar-refractivity contribution is 5.67. The van der Waals surface area contributed by atoms with Crippen LogP contribution < -0.4 is 10.6 Å². The molecule has 0 aromatic carbocycles. The van der Waals surface area contributed by atoms with Gasteiger partial charge in [0.1, 0.15) is 0 Å². The number of ether oxygens (including phenoxy) is 2. The third-order valence-electron chi connectivity index (χ3n) is 4.91. The number of rotatable bonds is 4. The molecule has 2 aliphatic rings. The molecule has 8 heteroatoms. The summed E-state index contributed by atoms with van der Waals surface area (Å²) in [5.74, 6) is 0. The summed E-state index contributed by atoms with van der Waals surface area (Å²) in [4.78, 5) is 26.5. The molecule has 2 amide bonds. The van der Waals surface area contributed by atoms with Gasteiger partial charge >= 0.3 is 12.2 Å². The Labute approximate surface area is 157 Å². The number of nitrogens with one attached hydrogen (secondary N) is 2. The third kappa shape index (κ3) is 7.78. The van der Waals surface area contributed by atoms with Gasteiger partial charge in [-0.05, 0) is 40.5 Å². The van der Waals surface area contributed by atoms with Gasteiger partial charge in [0.15, 0.2) is 0 Å². The van der Waals surface area contributed by atoms with E-state index in [1.807, 2.05) is 0 Å². The van der Waals surface area contributed by atoms with Crippen LogP contribution in [0.15, 0.2) is 0 Å². The van der Waals surface area contributed by atoms with Crippen molar-refractivity contribution in [3.8, 4) is 0 Å². The Balaban J connectivity index is 0.000000260. The average Bonchev–Trinajstić information content (AvgIpc) is 3.24. The second-order valence-electron chi connectivity index (χ2n) is 7.42. The maximum absolute atomic E-state index is 10.9. The highest BCUT2D eigenvalue weighted by Crippen LogP contribution is 2.12. The van der Waals surface area contributed by atoms with Crippen LogP contribution in [0.2, 0.25) is 0 Å². The van der Waals surface area contributed by atoms with Gasteiger partial charge in [-0.3, -0.25) is 9.80 Å². The Morgan fingerprint density at radius 2 is 1.15 bits per heavy atom. The molecule has 2 aliphatic heterocycles. The lowest BCUT2D eigenvalue weighted by Gasteiger charge is -2.20. The Kier molecular flexibility index (Phi) is 9.72. The molecule has 0 unspecified atom stereocenters. The van der Waals surface area contributed by atoms with E-state index in [1.54, 1.807) is 0 Å². The van der Waals surface area contributed by atoms with E-state index >= 15 is 0 Å². The third-order valence-corrected chi connectivity index (χ3v) is 4.91. The average molecular weight is 373 g/mol. The topological polar surface area (TPSA) is 83.1 Å². The van der Waals surface area contributed by atoms with Crippen LogP contribution in [0.25, 0.3) is 0 Å². The van der Waals surface area contributed by atoms with Crippen molar-refractivity contribution >= 4 is 12.2 Å². The van der Waals surface area contributed by atoms with E-state index in [4.69, 9.17) is 0 Å². The Morgan fingerprint density at radius 1 is 0.808 bits per heavy atom. The fraction of sp³-hybridized carbons (Fsp3) is 0.889. The normalized spacial score (nSPS) is 23.5. The fourth-order valence-corrected chi connectivity index (χ4v) is 3.20. The standard InChI is InChI=1S/2C9H18N2O2/c2*1-7(2)11-5-4-8(6-11)10-9(12)13-3/h2*7-8H,4-6H2,1-3H3,(H,10,12)/t2*8-/m10/s1. The number of nitrogens with zero attached hydrogens (tertiary/aromatic N) is 2. The van der Waals surface area contributed by atoms with Gasteiger partial charge in [0.05, 0.1) is 14.2 Å². The minimum absolute atomic E-state index is 0.259. The van der Waals surface area contributed by atoms with Crippen LogP contribution in [-0.4, -0.2) is 86.6 Å². The van der Waals surface area contributed by atoms with E-state index in [0.29, 0.717) is 12.1 Å². The van der Waals surface area contributed by atoms with Crippen molar-refractivity contribution in [2.24, 2.45) is 0 Å². The lowest BCUT2D eigenvalue weighted by molar-refractivity contribution is 0.165. The summed E-state index contributed by atoms with van der Waals surface area (Å²) < 4.78 is 9.08. The lowest BCUT2D eigenvalue weighted by Crippen LogP contribution is -2.38. The van der Waals surface area contributed by atoms with Crippen molar-refractivity contribution in [2.45, 2.75) is 64.7 Å². The lowest BCUT2D eigenvalue weighted by atomic mass is 10.3. The van der Waals surface area contributed by atoms with E-state index in [0.717, 1.165) is 39.0 Å². The Bertz CT molecular complexity index is 405. The molecule has 26 heavy (non-hydrogen) atoms. The van der Waals surface area contributed by atoms with Crippen molar-refractivity contribution in [1.82, 2.24) is 20.4 Å². The van der Waals surface area contributed by atoms with E-state index in [9.17, 15) is 9.59 Å². The fourth-order valence-electron chi connectivity index (χ4n) is 3.20. The number of hydrogen-bond acceptors (Lipinski definition) is 6. The summed E-state index contributed by atoms with van der Waals surface area (Å²) in [5.41, 5.74) is 0. The highest BCUT2D eigenvalue weighted by Gasteiger charge is 2.26. The summed E-state index contributed by atoms with van der Waals surface area (Å²) in [6, 6.07) is 1.64. The zero-order valence-corrected chi connectivity index (χ0v) is 17.1. The number of alkyl carbamates (subject to hydrolysis) is 2. The van der Waals surface area contributed by atoms with Gasteiger partial charge in [-0.25, -0.2) is 9.59 Å². The van der Waals surface area contributed by atoms with Crippen molar-refractivity contribution < 1.29 is 19.1 Å². The molecular weight excluding hydrogens is 336 g/mol. The van der Waals surface area contributed by atoms with Gasteiger partial charge in [-0.1, -0.05) is 0 Å². The smallest absolute Gasteiger partial charge is 0.407 e. The van der Waals surface area contributed by atoms with Crippen molar-refractivity contribution in [3.05, 3.63) is 0 Å². The van der Waals surface area contributed by atoms with Crippen molar-refractivity contribution in [2.75, 3.05) is 40.4 Å². The van der Waals surface area contributed by atoms with Crippen molar-refractivity contribution in [3.63, 3.8) is 0 Å². The molecule has 0 aromatic rings. The summed E-state index contributed by atoms with van der Waals surface area (Å²) in [6.07, 6.45) is 1.40. The minimum atomic E-state index is -0.324. The predicted octanol–water partition coefficient (Wildman–Crippen LogP) is 1.65. The molecule has 0 aromatic heterocycles. The molecule has 2 heterocycles. The molecule has 0 radical (unpaired) electrons. The molecule has 0 spiro atoms. The van der Waals surface area contributed by atoms with Crippen LogP contribution in [0.5, 0.6) is 0 Å². The predicted molar refractivity (Wildman–Crippen MR) is 101 cm³/mol. The summed E-state index contributed by atoms with van der Waals surface area (Å²) in [7, 11) is 2.79.